The second-order valence-corrected chi connectivity index (χ2v) is 7.79. The minimum Gasteiger partial charge on any atom is -0.495 e. The Morgan fingerprint density at radius 2 is 1.80 bits per heavy atom. The van der Waals surface area contributed by atoms with Crippen LogP contribution < -0.4 is 14.8 Å². The third-order valence-corrected chi connectivity index (χ3v) is 5.47. The van der Waals surface area contributed by atoms with Crippen molar-refractivity contribution in [3.05, 3.63) is 53.6 Å². The fraction of sp³-hybridized carbons (Fsp3) is 0.278. The molecule has 0 spiro atoms. The van der Waals surface area contributed by atoms with Crippen LogP contribution in [0.3, 0.4) is 0 Å². The van der Waals surface area contributed by atoms with Gasteiger partial charge in [-0.2, -0.15) is 0 Å². The number of hydrogen-bond acceptors (Lipinski definition) is 4. The highest BCUT2D eigenvalue weighted by atomic mass is 32.2. The molecule has 0 aliphatic heterocycles. The molecule has 0 unspecified atom stereocenters. The summed E-state index contributed by atoms with van der Waals surface area (Å²) in [5, 5.41) is 2.79. The van der Waals surface area contributed by atoms with Crippen LogP contribution in [0.15, 0.2) is 47.4 Å². The van der Waals surface area contributed by atoms with Crippen LogP contribution in [-0.2, 0) is 10.0 Å². The molecule has 0 heterocycles. The topological polar surface area (TPSA) is 84.5 Å². The number of anilines is 1. The van der Waals surface area contributed by atoms with Crippen LogP contribution >= 0.6 is 0 Å². The van der Waals surface area contributed by atoms with Gasteiger partial charge >= 0.3 is 0 Å². The first kappa shape index (κ1) is 17.4. The Morgan fingerprint density at radius 1 is 1.12 bits per heavy atom. The number of carbonyl (C=O) groups is 1. The molecule has 3 rings (SSSR count). The number of rotatable bonds is 6. The van der Waals surface area contributed by atoms with Crippen molar-refractivity contribution >= 4 is 21.6 Å². The number of amides is 1. The van der Waals surface area contributed by atoms with Crippen molar-refractivity contribution in [3.63, 3.8) is 0 Å². The summed E-state index contributed by atoms with van der Waals surface area (Å²) < 4.78 is 32.1. The van der Waals surface area contributed by atoms with Gasteiger partial charge in [-0.15, -0.1) is 0 Å². The Hall–Kier alpha value is -2.38. The Bertz CT molecular complexity index is 888. The average Bonchev–Trinajstić information content (AvgIpc) is 3.38. The standard InChI is InChI=1S/C18H20N2O4S/c1-12-3-10-17(24-2)16(11-12)19-18(21)13-4-8-15(9-5-13)25(22,23)20-14-6-7-14/h3-5,8-11,14,20H,6-7H2,1-2H3,(H,19,21). The molecule has 1 aliphatic rings. The first-order chi connectivity index (χ1) is 11.9. The molecule has 0 aromatic heterocycles. The molecule has 2 aromatic rings. The van der Waals surface area contributed by atoms with E-state index in [1.165, 1.54) is 31.4 Å². The van der Waals surface area contributed by atoms with Gasteiger partial charge in [-0.3, -0.25) is 4.79 Å². The lowest BCUT2D eigenvalue weighted by Crippen LogP contribution is -2.25. The highest BCUT2D eigenvalue weighted by Gasteiger charge is 2.28. The van der Waals surface area contributed by atoms with Gasteiger partial charge in [0.25, 0.3) is 5.91 Å². The first-order valence-electron chi connectivity index (χ1n) is 7.97. The summed E-state index contributed by atoms with van der Waals surface area (Å²) in [4.78, 5) is 12.6. The van der Waals surface area contributed by atoms with Gasteiger partial charge in [-0.1, -0.05) is 6.07 Å². The van der Waals surface area contributed by atoms with E-state index in [0.29, 0.717) is 17.0 Å². The second-order valence-electron chi connectivity index (χ2n) is 6.08. The van der Waals surface area contributed by atoms with Crippen molar-refractivity contribution in [2.45, 2.75) is 30.7 Å². The molecule has 0 saturated heterocycles. The summed E-state index contributed by atoms with van der Waals surface area (Å²) in [7, 11) is -1.98. The van der Waals surface area contributed by atoms with E-state index in [1.54, 1.807) is 6.07 Å². The molecule has 2 aromatic carbocycles. The molecule has 132 valence electrons. The van der Waals surface area contributed by atoms with Crippen LogP contribution in [0.25, 0.3) is 0 Å². The number of aryl methyl sites for hydroxylation is 1. The minimum absolute atomic E-state index is 0.0433. The molecular weight excluding hydrogens is 340 g/mol. The van der Waals surface area contributed by atoms with E-state index in [4.69, 9.17) is 4.74 Å². The van der Waals surface area contributed by atoms with Gasteiger partial charge in [0.2, 0.25) is 10.0 Å². The number of methoxy groups -OCH3 is 1. The molecule has 7 heteroatoms. The lowest BCUT2D eigenvalue weighted by molar-refractivity contribution is 0.102. The second kappa shape index (κ2) is 6.85. The molecule has 0 atom stereocenters. The van der Waals surface area contributed by atoms with Gasteiger partial charge in [-0.25, -0.2) is 13.1 Å². The number of hydrogen-bond donors (Lipinski definition) is 2. The Balaban J connectivity index is 1.76. The van der Waals surface area contributed by atoms with Crippen LogP contribution in [0.5, 0.6) is 5.75 Å². The minimum atomic E-state index is -3.52. The van der Waals surface area contributed by atoms with Gasteiger partial charge in [0.15, 0.2) is 0 Å². The largest absolute Gasteiger partial charge is 0.495 e. The molecule has 1 amide bonds. The van der Waals surface area contributed by atoms with E-state index in [2.05, 4.69) is 10.0 Å². The third kappa shape index (κ3) is 4.18. The smallest absolute Gasteiger partial charge is 0.255 e. The predicted octanol–water partition coefficient (Wildman–Crippen LogP) is 2.70. The van der Waals surface area contributed by atoms with Crippen LogP contribution in [0, 0.1) is 6.92 Å². The van der Waals surface area contributed by atoms with Crippen LogP contribution in [0.1, 0.15) is 28.8 Å². The van der Waals surface area contributed by atoms with Gasteiger partial charge in [0, 0.05) is 11.6 Å². The van der Waals surface area contributed by atoms with Crippen LogP contribution in [0.2, 0.25) is 0 Å². The molecule has 1 saturated carbocycles. The third-order valence-electron chi connectivity index (χ3n) is 3.93. The quantitative estimate of drug-likeness (QED) is 0.829. The van der Waals surface area contributed by atoms with Gasteiger partial charge in [0.05, 0.1) is 17.7 Å². The zero-order chi connectivity index (χ0) is 18.0. The van der Waals surface area contributed by atoms with Gasteiger partial charge in [0.1, 0.15) is 5.75 Å². The van der Waals surface area contributed by atoms with Crippen LogP contribution in [0.4, 0.5) is 5.69 Å². The Labute approximate surface area is 147 Å². The summed E-state index contributed by atoms with van der Waals surface area (Å²) in [5.41, 5.74) is 1.93. The van der Waals surface area contributed by atoms with E-state index in [9.17, 15) is 13.2 Å². The molecule has 6 nitrogen and oxygen atoms in total. The zero-order valence-corrected chi connectivity index (χ0v) is 14.9. The summed E-state index contributed by atoms with van der Waals surface area (Å²) in [5.74, 6) is 0.231. The SMILES string of the molecule is COc1ccc(C)cc1NC(=O)c1ccc(S(=O)(=O)NC2CC2)cc1. The van der Waals surface area contributed by atoms with E-state index in [-0.39, 0.29) is 16.8 Å². The number of benzene rings is 2. The molecule has 0 bridgehead atoms. The molecule has 1 aliphatic carbocycles. The van der Waals surface area contributed by atoms with Crippen molar-refractivity contribution in [1.29, 1.82) is 0 Å². The van der Waals surface area contributed by atoms with Gasteiger partial charge < -0.3 is 10.1 Å². The Morgan fingerprint density at radius 3 is 2.40 bits per heavy atom. The fourth-order valence-corrected chi connectivity index (χ4v) is 3.69. The van der Waals surface area contributed by atoms with E-state index in [1.807, 2.05) is 19.1 Å². The van der Waals surface area contributed by atoms with Crippen molar-refractivity contribution in [1.82, 2.24) is 4.72 Å². The molecule has 0 radical (unpaired) electrons. The highest BCUT2D eigenvalue weighted by Crippen LogP contribution is 2.26. The summed E-state index contributed by atoms with van der Waals surface area (Å²) in [6, 6.07) is 11.4. The number of nitrogens with one attached hydrogen (secondary N) is 2. The first-order valence-corrected chi connectivity index (χ1v) is 9.46. The normalized spacial score (nSPS) is 14.2. The predicted molar refractivity (Wildman–Crippen MR) is 95.5 cm³/mol. The van der Waals surface area contributed by atoms with E-state index in [0.717, 1.165) is 18.4 Å². The summed E-state index contributed by atoms with van der Waals surface area (Å²) >= 11 is 0. The van der Waals surface area contributed by atoms with E-state index >= 15 is 0 Å². The number of ether oxygens (including phenoxy) is 1. The van der Waals surface area contributed by atoms with Crippen LogP contribution in [-0.4, -0.2) is 27.5 Å². The van der Waals surface area contributed by atoms with Crippen molar-refractivity contribution in [2.75, 3.05) is 12.4 Å². The molecule has 25 heavy (non-hydrogen) atoms. The van der Waals surface area contributed by atoms with Gasteiger partial charge in [-0.05, 0) is 61.7 Å². The van der Waals surface area contributed by atoms with Crippen molar-refractivity contribution in [2.24, 2.45) is 0 Å². The average molecular weight is 360 g/mol. The molecular formula is C18H20N2O4S. The fourth-order valence-electron chi connectivity index (χ4n) is 2.39. The van der Waals surface area contributed by atoms with E-state index < -0.39 is 10.0 Å². The zero-order valence-electron chi connectivity index (χ0n) is 14.1. The maximum absolute atomic E-state index is 12.4. The Kier molecular flexibility index (Phi) is 4.78. The summed E-state index contributed by atoms with van der Waals surface area (Å²) in [6.07, 6.45) is 1.75. The monoisotopic (exact) mass is 360 g/mol. The van der Waals surface area contributed by atoms with Crippen molar-refractivity contribution < 1.29 is 17.9 Å². The number of sulfonamides is 1. The highest BCUT2D eigenvalue weighted by molar-refractivity contribution is 7.89. The van der Waals surface area contributed by atoms with Crippen molar-refractivity contribution in [3.8, 4) is 5.75 Å². The molecule has 1 fully saturated rings. The lowest BCUT2D eigenvalue weighted by atomic mass is 10.1. The summed E-state index contributed by atoms with van der Waals surface area (Å²) in [6.45, 7) is 1.92. The maximum atomic E-state index is 12.4. The lowest BCUT2D eigenvalue weighted by Gasteiger charge is -2.11. The molecule has 2 N–H and O–H groups in total. The number of carbonyl (C=O) groups excluding carboxylic acids is 1. The maximum Gasteiger partial charge on any atom is 0.255 e.